The van der Waals surface area contributed by atoms with Gasteiger partial charge in [0.15, 0.2) is 17.2 Å². The molecule has 0 radical (unpaired) electrons. The summed E-state index contributed by atoms with van der Waals surface area (Å²) in [5.41, 5.74) is 0.638. The molecule has 10 heteroatoms. The van der Waals surface area contributed by atoms with Crippen LogP contribution in [0.3, 0.4) is 0 Å². The monoisotopic (exact) mass is 407 g/mol. The average molecular weight is 407 g/mol. The van der Waals surface area contributed by atoms with Gasteiger partial charge in [-0.25, -0.2) is 19.6 Å². The third-order valence-corrected chi connectivity index (χ3v) is 5.62. The highest BCUT2D eigenvalue weighted by Crippen LogP contribution is 2.31. The van der Waals surface area contributed by atoms with E-state index in [1.165, 1.54) is 17.7 Å². The van der Waals surface area contributed by atoms with Crippen LogP contribution in [-0.4, -0.2) is 56.2 Å². The molecule has 4 heterocycles. The SMILES string of the molecule is CN1C(=O)[C@@H](NC(=O)c2ncc3cnn(C4CCCC4)c3n2)COc2cccnc21. The molecule has 1 N–H and O–H groups in total. The summed E-state index contributed by atoms with van der Waals surface area (Å²) in [5.74, 6) is 0.0430. The number of carbonyl (C=O) groups is 2. The van der Waals surface area contributed by atoms with E-state index in [4.69, 9.17) is 4.74 Å². The van der Waals surface area contributed by atoms with Crippen molar-refractivity contribution >= 4 is 28.7 Å². The maximum absolute atomic E-state index is 12.8. The van der Waals surface area contributed by atoms with Crippen molar-refractivity contribution in [3.05, 3.63) is 36.5 Å². The van der Waals surface area contributed by atoms with Gasteiger partial charge >= 0.3 is 0 Å². The van der Waals surface area contributed by atoms with Crippen LogP contribution in [-0.2, 0) is 4.79 Å². The minimum Gasteiger partial charge on any atom is -0.487 e. The van der Waals surface area contributed by atoms with Crippen molar-refractivity contribution < 1.29 is 14.3 Å². The standard InChI is InChI=1S/C20H21N7O3/c1-26-18-15(7-4-8-21-18)30-11-14(20(26)29)24-19(28)16-22-9-12-10-23-27(17(12)25-16)13-5-2-3-6-13/h4,7-10,13-14H,2-3,5-6,11H2,1H3,(H,24,28)/t14-/m0/s1. The number of pyridine rings is 1. The van der Waals surface area contributed by atoms with E-state index in [2.05, 4.69) is 25.4 Å². The zero-order chi connectivity index (χ0) is 20.7. The molecule has 0 spiro atoms. The van der Waals surface area contributed by atoms with Gasteiger partial charge in [-0.15, -0.1) is 0 Å². The van der Waals surface area contributed by atoms with E-state index in [1.54, 1.807) is 37.8 Å². The minimum absolute atomic E-state index is 0.00224. The smallest absolute Gasteiger partial charge is 0.289 e. The lowest BCUT2D eigenvalue weighted by molar-refractivity contribution is -0.120. The first-order valence-corrected chi connectivity index (χ1v) is 9.98. The molecule has 0 bridgehead atoms. The molecule has 1 aliphatic carbocycles. The molecule has 5 rings (SSSR count). The highest BCUT2D eigenvalue weighted by Gasteiger charge is 2.32. The number of nitrogens with one attached hydrogen (secondary N) is 1. The summed E-state index contributed by atoms with van der Waals surface area (Å²) in [5, 5.41) is 7.93. The van der Waals surface area contributed by atoms with Gasteiger partial charge < -0.3 is 10.1 Å². The number of carbonyl (C=O) groups excluding carboxylic acids is 2. The van der Waals surface area contributed by atoms with Crippen molar-refractivity contribution in [2.24, 2.45) is 0 Å². The minimum atomic E-state index is -0.879. The average Bonchev–Trinajstić information content (AvgIpc) is 3.42. The number of likely N-dealkylation sites (N-methyl/N-ethyl adjacent to an activating group) is 1. The Bertz CT molecular complexity index is 1120. The number of amides is 2. The van der Waals surface area contributed by atoms with Crippen molar-refractivity contribution in [1.82, 2.24) is 30.0 Å². The second-order valence-corrected chi connectivity index (χ2v) is 7.56. The second-order valence-electron chi connectivity index (χ2n) is 7.56. The first-order chi connectivity index (χ1) is 14.6. The van der Waals surface area contributed by atoms with Crippen LogP contribution in [0.1, 0.15) is 42.3 Å². The molecule has 0 aromatic carbocycles. The van der Waals surface area contributed by atoms with Crippen molar-refractivity contribution in [1.29, 1.82) is 0 Å². The van der Waals surface area contributed by atoms with Crippen molar-refractivity contribution in [2.75, 3.05) is 18.6 Å². The van der Waals surface area contributed by atoms with Crippen LogP contribution in [0.4, 0.5) is 5.82 Å². The molecule has 10 nitrogen and oxygen atoms in total. The van der Waals surface area contributed by atoms with E-state index in [1.807, 2.05) is 4.68 Å². The van der Waals surface area contributed by atoms with Crippen LogP contribution in [0.2, 0.25) is 0 Å². The van der Waals surface area contributed by atoms with Crippen molar-refractivity contribution in [3.63, 3.8) is 0 Å². The van der Waals surface area contributed by atoms with E-state index in [-0.39, 0.29) is 18.3 Å². The van der Waals surface area contributed by atoms with Crippen LogP contribution >= 0.6 is 0 Å². The molecule has 0 unspecified atom stereocenters. The summed E-state index contributed by atoms with van der Waals surface area (Å²) in [4.78, 5) is 39.8. The van der Waals surface area contributed by atoms with Gasteiger partial charge in [-0.3, -0.25) is 14.5 Å². The van der Waals surface area contributed by atoms with Crippen molar-refractivity contribution in [2.45, 2.75) is 37.8 Å². The number of ether oxygens (including phenoxy) is 1. The largest absolute Gasteiger partial charge is 0.487 e. The van der Waals surface area contributed by atoms with Crippen LogP contribution < -0.4 is 15.0 Å². The molecule has 2 aliphatic rings. The Hall–Kier alpha value is -3.56. The Morgan fingerprint density at radius 1 is 1.23 bits per heavy atom. The van der Waals surface area contributed by atoms with Crippen molar-refractivity contribution in [3.8, 4) is 5.75 Å². The lowest BCUT2D eigenvalue weighted by Gasteiger charge is -2.19. The summed E-state index contributed by atoms with van der Waals surface area (Å²) >= 11 is 0. The summed E-state index contributed by atoms with van der Waals surface area (Å²) in [6.07, 6.45) is 9.33. The van der Waals surface area contributed by atoms with E-state index in [0.717, 1.165) is 18.2 Å². The molecule has 3 aromatic rings. The Labute approximate surface area is 172 Å². The number of fused-ring (bicyclic) bond motifs is 2. The Morgan fingerprint density at radius 3 is 2.90 bits per heavy atom. The molecular weight excluding hydrogens is 386 g/mol. The summed E-state index contributed by atoms with van der Waals surface area (Å²) in [6, 6.07) is 2.88. The molecule has 1 atom stereocenters. The van der Waals surface area contributed by atoms with Gasteiger partial charge in [0.05, 0.1) is 17.6 Å². The zero-order valence-electron chi connectivity index (χ0n) is 16.5. The highest BCUT2D eigenvalue weighted by atomic mass is 16.5. The van der Waals surface area contributed by atoms with E-state index in [0.29, 0.717) is 23.3 Å². The molecule has 154 valence electrons. The molecule has 1 aliphatic heterocycles. The van der Waals surface area contributed by atoms with Gasteiger partial charge in [0.25, 0.3) is 11.8 Å². The third kappa shape index (κ3) is 3.14. The van der Waals surface area contributed by atoms with E-state index >= 15 is 0 Å². The van der Waals surface area contributed by atoms with Gasteiger partial charge in [0.2, 0.25) is 5.82 Å². The first kappa shape index (κ1) is 18.5. The number of rotatable bonds is 3. The van der Waals surface area contributed by atoms with Gasteiger partial charge in [0.1, 0.15) is 12.6 Å². The van der Waals surface area contributed by atoms with Crippen LogP contribution in [0, 0.1) is 0 Å². The normalized spacial score (nSPS) is 19.4. The van der Waals surface area contributed by atoms with Gasteiger partial charge in [-0.2, -0.15) is 5.10 Å². The summed E-state index contributed by atoms with van der Waals surface area (Å²) in [7, 11) is 1.60. The Kier molecular flexibility index (Phi) is 4.53. The molecule has 1 fully saturated rings. The number of aromatic nitrogens is 5. The number of hydrogen-bond acceptors (Lipinski definition) is 7. The predicted octanol–water partition coefficient (Wildman–Crippen LogP) is 1.49. The topological polar surface area (TPSA) is 115 Å². The maximum Gasteiger partial charge on any atom is 0.289 e. The van der Waals surface area contributed by atoms with Crippen LogP contribution in [0.5, 0.6) is 5.75 Å². The third-order valence-electron chi connectivity index (χ3n) is 5.62. The molecule has 0 saturated heterocycles. The summed E-state index contributed by atoms with van der Waals surface area (Å²) < 4.78 is 7.57. The van der Waals surface area contributed by atoms with Gasteiger partial charge in [0, 0.05) is 19.4 Å². The van der Waals surface area contributed by atoms with Gasteiger partial charge in [-0.1, -0.05) is 12.8 Å². The fourth-order valence-corrected chi connectivity index (χ4v) is 4.02. The summed E-state index contributed by atoms with van der Waals surface area (Å²) in [6.45, 7) is -0.00411. The fraction of sp³-hybridized carbons (Fsp3) is 0.400. The van der Waals surface area contributed by atoms with Crippen LogP contribution in [0.25, 0.3) is 11.0 Å². The molecule has 30 heavy (non-hydrogen) atoms. The predicted molar refractivity (Wildman–Crippen MR) is 107 cm³/mol. The number of hydrogen-bond donors (Lipinski definition) is 1. The lowest BCUT2D eigenvalue weighted by Crippen LogP contribution is -2.49. The Balaban J connectivity index is 1.38. The Morgan fingerprint density at radius 2 is 2.07 bits per heavy atom. The second kappa shape index (κ2) is 7.36. The number of nitrogens with zero attached hydrogens (tertiary/aromatic N) is 6. The van der Waals surface area contributed by atoms with E-state index in [9.17, 15) is 9.59 Å². The quantitative estimate of drug-likeness (QED) is 0.699. The molecule has 3 aromatic heterocycles. The maximum atomic E-state index is 12.8. The van der Waals surface area contributed by atoms with E-state index < -0.39 is 11.9 Å². The molecular formula is C20H21N7O3. The fourth-order valence-electron chi connectivity index (χ4n) is 4.02. The number of anilines is 1. The van der Waals surface area contributed by atoms with Crippen LogP contribution in [0.15, 0.2) is 30.7 Å². The highest BCUT2D eigenvalue weighted by molar-refractivity contribution is 6.02. The van der Waals surface area contributed by atoms with Gasteiger partial charge in [-0.05, 0) is 25.0 Å². The first-order valence-electron chi connectivity index (χ1n) is 9.98. The molecule has 1 saturated carbocycles. The zero-order valence-corrected chi connectivity index (χ0v) is 16.5. The lowest BCUT2D eigenvalue weighted by atomic mass is 10.2. The molecule has 2 amide bonds.